The highest BCUT2D eigenvalue weighted by atomic mass is 35.5. The first kappa shape index (κ1) is 17.2. The van der Waals surface area contributed by atoms with Crippen molar-refractivity contribution in [2.45, 2.75) is 27.2 Å². The summed E-state index contributed by atoms with van der Waals surface area (Å²) in [4.78, 5) is 16.4. The molecule has 23 heavy (non-hydrogen) atoms. The predicted molar refractivity (Wildman–Crippen MR) is 92.2 cm³/mol. The van der Waals surface area contributed by atoms with E-state index in [-0.39, 0.29) is 10.6 Å². The number of halogens is 2. The molecular weight excluding hydrogens is 315 g/mol. The lowest BCUT2D eigenvalue weighted by Crippen LogP contribution is -2.15. The molecule has 0 atom stereocenters. The van der Waals surface area contributed by atoms with Crippen LogP contribution in [0.1, 0.15) is 43.1 Å². The minimum absolute atomic E-state index is 0.0662. The van der Waals surface area contributed by atoms with Gasteiger partial charge in [-0.2, -0.15) is 0 Å². The molecule has 0 aliphatic carbocycles. The SMILES string of the molecule is CC/C(C)=C(\C)c1ccc(NC(=O)c2c(F)cccc2Cl)nc1. The molecule has 5 heteroatoms. The first-order valence-corrected chi connectivity index (χ1v) is 7.70. The van der Waals surface area contributed by atoms with Gasteiger partial charge < -0.3 is 5.32 Å². The topological polar surface area (TPSA) is 42.0 Å². The average Bonchev–Trinajstić information content (AvgIpc) is 2.54. The Kier molecular flexibility index (Phi) is 5.50. The minimum atomic E-state index is -0.663. The second kappa shape index (κ2) is 7.38. The third kappa shape index (κ3) is 3.96. The van der Waals surface area contributed by atoms with E-state index in [1.165, 1.54) is 23.8 Å². The maximum Gasteiger partial charge on any atom is 0.261 e. The first-order valence-electron chi connectivity index (χ1n) is 7.32. The summed E-state index contributed by atoms with van der Waals surface area (Å²) >= 11 is 5.88. The lowest BCUT2D eigenvalue weighted by Gasteiger charge is -2.09. The molecule has 3 nitrogen and oxygen atoms in total. The molecule has 1 aromatic heterocycles. The molecule has 0 radical (unpaired) electrons. The Balaban J connectivity index is 2.20. The smallest absolute Gasteiger partial charge is 0.261 e. The quantitative estimate of drug-likeness (QED) is 0.822. The number of benzene rings is 1. The summed E-state index contributed by atoms with van der Waals surface area (Å²) < 4.78 is 13.7. The number of amides is 1. The van der Waals surface area contributed by atoms with E-state index in [1.807, 2.05) is 13.0 Å². The summed E-state index contributed by atoms with van der Waals surface area (Å²) in [5, 5.41) is 2.62. The Morgan fingerprint density at radius 1 is 1.26 bits per heavy atom. The van der Waals surface area contributed by atoms with Gasteiger partial charge in [0.25, 0.3) is 5.91 Å². The molecule has 2 rings (SSSR count). The van der Waals surface area contributed by atoms with E-state index < -0.39 is 11.7 Å². The third-order valence-corrected chi connectivity index (χ3v) is 4.11. The number of carbonyl (C=O) groups excluding carboxylic acids is 1. The van der Waals surface area contributed by atoms with E-state index in [4.69, 9.17) is 11.6 Å². The number of hydrogen-bond acceptors (Lipinski definition) is 2. The first-order chi connectivity index (χ1) is 10.9. The van der Waals surface area contributed by atoms with E-state index in [2.05, 4.69) is 24.1 Å². The Labute approximate surface area is 140 Å². The van der Waals surface area contributed by atoms with Gasteiger partial charge in [-0.05, 0) is 55.7 Å². The van der Waals surface area contributed by atoms with Crippen LogP contribution in [0, 0.1) is 5.82 Å². The van der Waals surface area contributed by atoms with Gasteiger partial charge in [-0.3, -0.25) is 4.79 Å². The number of nitrogens with one attached hydrogen (secondary N) is 1. The number of anilines is 1. The van der Waals surface area contributed by atoms with Crippen LogP contribution in [0.4, 0.5) is 10.2 Å². The molecule has 1 N–H and O–H groups in total. The van der Waals surface area contributed by atoms with Gasteiger partial charge in [0.05, 0.1) is 10.6 Å². The molecule has 0 saturated carbocycles. The van der Waals surface area contributed by atoms with Gasteiger partial charge in [0, 0.05) is 6.20 Å². The normalized spacial score (nSPS) is 11.9. The van der Waals surface area contributed by atoms with Gasteiger partial charge in [0.15, 0.2) is 0 Å². The zero-order valence-corrected chi connectivity index (χ0v) is 14.0. The van der Waals surface area contributed by atoms with Crippen LogP contribution in [0.3, 0.4) is 0 Å². The fraction of sp³-hybridized carbons (Fsp3) is 0.222. The molecule has 1 heterocycles. The molecule has 0 fully saturated rings. The summed E-state index contributed by atoms with van der Waals surface area (Å²) in [5.74, 6) is -0.936. The van der Waals surface area contributed by atoms with Crippen LogP contribution in [-0.4, -0.2) is 10.9 Å². The van der Waals surface area contributed by atoms with Crippen molar-refractivity contribution in [1.82, 2.24) is 4.98 Å². The molecule has 120 valence electrons. The lowest BCUT2D eigenvalue weighted by atomic mass is 10.0. The fourth-order valence-electron chi connectivity index (χ4n) is 2.09. The van der Waals surface area contributed by atoms with Gasteiger partial charge in [0.1, 0.15) is 11.6 Å². The summed E-state index contributed by atoms with van der Waals surface area (Å²) in [7, 11) is 0. The Bertz CT molecular complexity index is 734. The molecule has 0 aliphatic rings. The summed E-state index contributed by atoms with van der Waals surface area (Å²) in [6, 6.07) is 7.68. The predicted octanol–water partition coefficient (Wildman–Crippen LogP) is 5.33. The van der Waals surface area contributed by atoms with Crippen LogP contribution in [0.2, 0.25) is 5.02 Å². The summed E-state index contributed by atoms with van der Waals surface area (Å²) in [5.41, 5.74) is 3.25. The van der Waals surface area contributed by atoms with Crippen LogP contribution in [0.5, 0.6) is 0 Å². The van der Waals surface area contributed by atoms with Crippen molar-refractivity contribution in [2.75, 3.05) is 5.32 Å². The highest BCUT2D eigenvalue weighted by Crippen LogP contribution is 2.22. The summed E-state index contributed by atoms with van der Waals surface area (Å²) in [6.07, 6.45) is 2.66. The van der Waals surface area contributed by atoms with Crippen LogP contribution >= 0.6 is 11.6 Å². The molecule has 1 aromatic carbocycles. The minimum Gasteiger partial charge on any atom is -0.306 e. The van der Waals surface area contributed by atoms with Crippen molar-refractivity contribution in [3.8, 4) is 0 Å². The standard InChI is InChI=1S/C18H18ClFN2O/c1-4-11(2)12(3)13-8-9-16(21-10-13)22-18(23)17-14(19)6-5-7-15(17)20/h5-10H,4H2,1-3H3,(H,21,22,23)/b12-11+. The largest absolute Gasteiger partial charge is 0.306 e. The van der Waals surface area contributed by atoms with Crippen molar-refractivity contribution < 1.29 is 9.18 Å². The maximum absolute atomic E-state index is 13.7. The van der Waals surface area contributed by atoms with Gasteiger partial charge in [-0.25, -0.2) is 9.37 Å². The van der Waals surface area contributed by atoms with Crippen LogP contribution in [0.15, 0.2) is 42.1 Å². The highest BCUT2D eigenvalue weighted by molar-refractivity contribution is 6.34. The van der Waals surface area contributed by atoms with Crippen LogP contribution < -0.4 is 5.32 Å². The molecule has 2 aromatic rings. The highest BCUT2D eigenvalue weighted by Gasteiger charge is 2.16. The van der Waals surface area contributed by atoms with Crippen molar-refractivity contribution in [1.29, 1.82) is 0 Å². The average molecular weight is 333 g/mol. The molecule has 0 unspecified atom stereocenters. The van der Waals surface area contributed by atoms with E-state index in [9.17, 15) is 9.18 Å². The molecule has 0 spiro atoms. The number of allylic oxidation sites excluding steroid dienone is 2. The van der Waals surface area contributed by atoms with E-state index >= 15 is 0 Å². The van der Waals surface area contributed by atoms with Crippen LogP contribution in [-0.2, 0) is 0 Å². The third-order valence-electron chi connectivity index (χ3n) is 3.80. The Hall–Kier alpha value is -2.20. The van der Waals surface area contributed by atoms with Gasteiger partial charge in [-0.1, -0.05) is 30.2 Å². The Morgan fingerprint density at radius 2 is 2.00 bits per heavy atom. The molecule has 0 saturated heterocycles. The van der Waals surface area contributed by atoms with Crippen LogP contribution in [0.25, 0.3) is 5.57 Å². The van der Waals surface area contributed by atoms with Crippen molar-refractivity contribution in [3.63, 3.8) is 0 Å². The number of carbonyl (C=O) groups is 1. The number of aromatic nitrogens is 1. The Morgan fingerprint density at radius 3 is 2.57 bits per heavy atom. The van der Waals surface area contributed by atoms with Gasteiger partial charge >= 0.3 is 0 Å². The fourth-order valence-corrected chi connectivity index (χ4v) is 2.34. The number of hydrogen-bond donors (Lipinski definition) is 1. The second-order valence-corrected chi connectivity index (χ2v) is 5.65. The number of nitrogens with zero attached hydrogens (tertiary/aromatic N) is 1. The summed E-state index contributed by atoms with van der Waals surface area (Å²) in [6.45, 7) is 6.21. The van der Waals surface area contributed by atoms with Gasteiger partial charge in [0.2, 0.25) is 0 Å². The van der Waals surface area contributed by atoms with Crippen molar-refractivity contribution in [3.05, 3.63) is 64.1 Å². The number of rotatable bonds is 4. The monoisotopic (exact) mass is 332 g/mol. The zero-order valence-electron chi connectivity index (χ0n) is 13.3. The molecule has 0 bridgehead atoms. The lowest BCUT2D eigenvalue weighted by molar-refractivity contribution is 0.102. The van der Waals surface area contributed by atoms with Gasteiger partial charge in [-0.15, -0.1) is 0 Å². The van der Waals surface area contributed by atoms with Crippen molar-refractivity contribution >= 4 is 28.9 Å². The maximum atomic E-state index is 13.7. The molecule has 0 aliphatic heterocycles. The molecular formula is C18H18ClFN2O. The number of pyridine rings is 1. The van der Waals surface area contributed by atoms with Crippen molar-refractivity contribution in [2.24, 2.45) is 0 Å². The van der Waals surface area contributed by atoms with E-state index in [1.54, 1.807) is 12.3 Å². The second-order valence-electron chi connectivity index (χ2n) is 5.24. The van der Waals surface area contributed by atoms with E-state index in [0.29, 0.717) is 5.82 Å². The zero-order chi connectivity index (χ0) is 17.0. The van der Waals surface area contributed by atoms with E-state index in [0.717, 1.165) is 17.6 Å². The molecule has 1 amide bonds.